The van der Waals surface area contributed by atoms with E-state index in [9.17, 15) is 9.59 Å². The Bertz CT molecular complexity index is 637. The molecule has 0 radical (unpaired) electrons. The van der Waals surface area contributed by atoms with E-state index in [1.807, 2.05) is 36.6 Å². The molecule has 5 nitrogen and oxygen atoms in total. The third kappa shape index (κ3) is 5.75. The van der Waals surface area contributed by atoms with Crippen molar-refractivity contribution < 1.29 is 19.1 Å². The molecular weight excluding hydrogens is 314 g/mol. The third-order valence-electron chi connectivity index (χ3n) is 3.05. The number of hydrogen-bond donors (Lipinski definition) is 1. The Morgan fingerprint density at radius 2 is 1.96 bits per heavy atom. The molecule has 1 unspecified atom stereocenters. The average Bonchev–Trinajstić information content (AvgIpc) is 3.06. The Morgan fingerprint density at radius 3 is 2.61 bits per heavy atom. The fourth-order valence-electron chi connectivity index (χ4n) is 1.77. The van der Waals surface area contributed by atoms with E-state index in [0.29, 0.717) is 12.3 Å². The van der Waals surface area contributed by atoms with Gasteiger partial charge in [-0.25, -0.2) is 4.79 Å². The standard InChI is InChI=1S/C17H19NO4S/c1-12-5-7-14(8-6-12)22-13(2)17(20)21-11-16(19)18-10-15-4-3-9-23-15/h3-9,13H,10-11H2,1-2H3,(H,18,19). The summed E-state index contributed by atoms with van der Waals surface area (Å²) in [5, 5.41) is 4.62. The fraction of sp³-hybridized carbons (Fsp3) is 0.294. The van der Waals surface area contributed by atoms with Gasteiger partial charge in [0.15, 0.2) is 12.7 Å². The van der Waals surface area contributed by atoms with Gasteiger partial charge in [0.05, 0.1) is 6.54 Å². The molecule has 1 aromatic carbocycles. The lowest BCUT2D eigenvalue weighted by molar-refractivity contribution is -0.154. The minimum Gasteiger partial charge on any atom is -0.479 e. The molecule has 0 bridgehead atoms. The zero-order valence-electron chi connectivity index (χ0n) is 13.1. The topological polar surface area (TPSA) is 64.6 Å². The van der Waals surface area contributed by atoms with Crippen LogP contribution in [0.3, 0.4) is 0 Å². The lowest BCUT2D eigenvalue weighted by atomic mass is 10.2. The summed E-state index contributed by atoms with van der Waals surface area (Å²) in [6.45, 7) is 3.68. The second kappa shape index (κ2) is 8.33. The number of ether oxygens (including phenoxy) is 2. The zero-order chi connectivity index (χ0) is 16.7. The van der Waals surface area contributed by atoms with Gasteiger partial charge < -0.3 is 14.8 Å². The summed E-state index contributed by atoms with van der Waals surface area (Å²) in [5.41, 5.74) is 1.11. The first-order valence-electron chi connectivity index (χ1n) is 7.23. The second-order valence-corrected chi connectivity index (χ2v) is 6.07. The molecule has 23 heavy (non-hydrogen) atoms. The van der Waals surface area contributed by atoms with Crippen LogP contribution in [0.4, 0.5) is 0 Å². The summed E-state index contributed by atoms with van der Waals surface area (Å²) < 4.78 is 10.4. The number of carbonyl (C=O) groups is 2. The molecule has 1 aromatic heterocycles. The van der Waals surface area contributed by atoms with Gasteiger partial charge in [-0.1, -0.05) is 23.8 Å². The van der Waals surface area contributed by atoms with E-state index in [1.165, 1.54) is 0 Å². The molecule has 1 atom stereocenters. The van der Waals surface area contributed by atoms with E-state index in [4.69, 9.17) is 9.47 Å². The van der Waals surface area contributed by atoms with E-state index in [0.717, 1.165) is 10.4 Å². The first-order chi connectivity index (χ1) is 11.0. The predicted molar refractivity (Wildman–Crippen MR) is 88.4 cm³/mol. The molecule has 1 amide bonds. The second-order valence-electron chi connectivity index (χ2n) is 5.04. The van der Waals surface area contributed by atoms with Crippen LogP contribution in [0.15, 0.2) is 41.8 Å². The number of aryl methyl sites for hydroxylation is 1. The largest absolute Gasteiger partial charge is 0.479 e. The van der Waals surface area contributed by atoms with Crippen molar-refractivity contribution in [3.8, 4) is 5.75 Å². The highest BCUT2D eigenvalue weighted by Gasteiger charge is 2.17. The fourth-order valence-corrected chi connectivity index (χ4v) is 2.42. The van der Waals surface area contributed by atoms with Gasteiger partial charge in [0.1, 0.15) is 5.75 Å². The van der Waals surface area contributed by atoms with Gasteiger partial charge in [0.2, 0.25) is 0 Å². The minimum atomic E-state index is -0.775. The Kier molecular flexibility index (Phi) is 6.17. The molecule has 122 valence electrons. The van der Waals surface area contributed by atoms with Crippen molar-refractivity contribution in [1.82, 2.24) is 5.32 Å². The van der Waals surface area contributed by atoms with E-state index in [-0.39, 0.29) is 12.5 Å². The zero-order valence-corrected chi connectivity index (χ0v) is 13.9. The van der Waals surface area contributed by atoms with Crippen LogP contribution in [0.25, 0.3) is 0 Å². The normalized spacial score (nSPS) is 11.6. The van der Waals surface area contributed by atoms with E-state index in [2.05, 4.69) is 5.32 Å². The molecular formula is C17H19NO4S. The maximum atomic E-state index is 11.8. The number of rotatable bonds is 7. The number of nitrogens with one attached hydrogen (secondary N) is 1. The molecule has 0 aliphatic heterocycles. The van der Waals surface area contributed by atoms with Gasteiger partial charge in [-0.05, 0) is 37.4 Å². The minimum absolute atomic E-state index is 0.314. The van der Waals surface area contributed by atoms with Crippen molar-refractivity contribution in [2.45, 2.75) is 26.5 Å². The first kappa shape index (κ1) is 17.0. The Hall–Kier alpha value is -2.34. The van der Waals surface area contributed by atoms with Crippen molar-refractivity contribution in [3.05, 3.63) is 52.2 Å². The maximum Gasteiger partial charge on any atom is 0.347 e. The summed E-state index contributed by atoms with van der Waals surface area (Å²) in [7, 11) is 0. The molecule has 2 aromatic rings. The number of esters is 1. The third-order valence-corrected chi connectivity index (χ3v) is 3.93. The van der Waals surface area contributed by atoms with Crippen LogP contribution in [0.1, 0.15) is 17.4 Å². The Labute approximate surface area is 139 Å². The van der Waals surface area contributed by atoms with Crippen molar-refractivity contribution in [2.24, 2.45) is 0 Å². The van der Waals surface area contributed by atoms with Crippen LogP contribution < -0.4 is 10.1 Å². The number of hydrogen-bond acceptors (Lipinski definition) is 5. The highest BCUT2D eigenvalue weighted by atomic mass is 32.1. The molecule has 0 spiro atoms. The number of thiophene rings is 1. The van der Waals surface area contributed by atoms with Crippen LogP contribution in [-0.4, -0.2) is 24.6 Å². The first-order valence-corrected chi connectivity index (χ1v) is 8.11. The Morgan fingerprint density at radius 1 is 1.22 bits per heavy atom. The summed E-state index contributed by atoms with van der Waals surface area (Å²) >= 11 is 1.55. The Balaban J connectivity index is 1.70. The lowest BCUT2D eigenvalue weighted by Gasteiger charge is -2.14. The van der Waals surface area contributed by atoms with Gasteiger partial charge in [0, 0.05) is 4.88 Å². The van der Waals surface area contributed by atoms with Crippen molar-refractivity contribution in [2.75, 3.05) is 6.61 Å². The predicted octanol–water partition coefficient (Wildman–Crippen LogP) is 2.68. The van der Waals surface area contributed by atoms with Crippen LogP contribution in [0.2, 0.25) is 0 Å². The van der Waals surface area contributed by atoms with Crippen molar-refractivity contribution in [3.63, 3.8) is 0 Å². The molecule has 0 saturated carbocycles. The molecule has 0 saturated heterocycles. The smallest absolute Gasteiger partial charge is 0.347 e. The monoisotopic (exact) mass is 333 g/mol. The molecule has 6 heteroatoms. The van der Waals surface area contributed by atoms with Gasteiger partial charge >= 0.3 is 5.97 Å². The van der Waals surface area contributed by atoms with Gasteiger partial charge in [-0.3, -0.25) is 4.79 Å². The summed E-state index contributed by atoms with van der Waals surface area (Å²) in [4.78, 5) is 24.5. The van der Waals surface area contributed by atoms with Crippen LogP contribution in [0, 0.1) is 6.92 Å². The number of carbonyl (C=O) groups excluding carboxylic acids is 2. The quantitative estimate of drug-likeness (QED) is 0.791. The molecule has 0 aliphatic rings. The molecule has 0 fully saturated rings. The molecule has 0 aliphatic carbocycles. The summed E-state index contributed by atoms with van der Waals surface area (Å²) in [6.07, 6.45) is -0.775. The van der Waals surface area contributed by atoms with Crippen molar-refractivity contribution in [1.29, 1.82) is 0 Å². The highest BCUT2D eigenvalue weighted by Crippen LogP contribution is 2.13. The molecule has 1 heterocycles. The lowest BCUT2D eigenvalue weighted by Crippen LogP contribution is -2.32. The van der Waals surface area contributed by atoms with Crippen LogP contribution >= 0.6 is 11.3 Å². The highest BCUT2D eigenvalue weighted by molar-refractivity contribution is 7.09. The maximum absolute atomic E-state index is 11.8. The van der Waals surface area contributed by atoms with Crippen molar-refractivity contribution >= 4 is 23.2 Å². The summed E-state index contributed by atoms with van der Waals surface area (Å²) in [5.74, 6) is -0.326. The van der Waals surface area contributed by atoms with E-state index in [1.54, 1.807) is 30.4 Å². The average molecular weight is 333 g/mol. The summed E-state index contributed by atoms with van der Waals surface area (Å²) in [6, 6.07) is 11.2. The van der Waals surface area contributed by atoms with Gasteiger partial charge in [0.25, 0.3) is 5.91 Å². The van der Waals surface area contributed by atoms with Crippen LogP contribution in [0.5, 0.6) is 5.75 Å². The van der Waals surface area contributed by atoms with Gasteiger partial charge in [-0.15, -0.1) is 11.3 Å². The SMILES string of the molecule is Cc1ccc(OC(C)C(=O)OCC(=O)NCc2cccs2)cc1. The number of benzene rings is 1. The molecule has 2 rings (SSSR count). The number of amides is 1. The molecule has 1 N–H and O–H groups in total. The van der Waals surface area contributed by atoms with E-state index >= 15 is 0 Å². The van der Waals surface area contributed by atoms with E-state index < -0.39 is 12.1 Å². The van der Waals surface area contributed by atoms with Crippen LogP contribution in [-0.2, 0) is 20.9 Å². The van der Waals surface area contributed by atoms with Gasteiger partial charge in [-0.2, -0.15) is 0 Å².